The van der Waals surface area contributed by atoms with E-state index < -0.39 is 0 Å². The first-order valence-electron chi connectivity index (χ1n) is 8.90. The second kappa shape index (κ2) is 7.82. The number of hydrogen-bond acceptors (Lipinski definition) is 2. The molecule has 4 heteroatoms. The first-order chi connectivity index (χ1) is 11.3. The molecule has 1 aromatic carbocycles. The third-order valence-corrected chi connectivity index (χ3v) is 4.44. The minimum Gasteiger partial charge on any atom is -0.350 e. The molecule has 4 nitrogen and oxygen atoms in total. The molecule has 24 heavy (non-hydrogen) atoms. The van der Waals surface area contributed by atoms with Crippen LogP contribution in [0.5, 0.6) is 0 Å². The van der Waals surface area contributed by atoms with Crippen molar-refractivity contribution < 1.29 is 9.59 Å². The molecule has 1 aliphatic rings. The Morgan fingerprint density at radius 3 is 2.46 bits per heavy atom. The molecule has 132 valence electrons. The van der Waals surface area contributed by atoms with Gasteiger partial charge in [-0.2, -0.15) is 0 Å². The third kappa shape index (κ3) is 5.36. The quantitative estimate of drug-likeness (QED) is 0.918. The Morgan fingerprint density at radius 2 is 1.83 bits per heavy atom. The maximum Gasteiger partial charge on any atom is 0.251 e. The molecule has 0 radical (unpaired) electrons. The van der Waals surface area contributed by atoms with E-state index in [1.807, 2.05) is 36.1 Å². The Balaban J connectivity index is 1.94. The summed E-state index contributed by atoms with van der Waals surface area (Å²) in [6.45, 7) is 9.60. The van der Waals surface area contributed by atoms with Crippen LogP contribution in [-0.4, -0.2) is 35.8 Å². The second-order valence-electron chi connectivity index (χ2n) is 8.05. The Labute approximate surface area is 145 Å². The number of rotatable bonds is 4. The zero-order valence-corrected chi connectivity index (χ0v) is 15.4. The summed E-state index contributed by atoms with van der Waals surface area (Å²) >= 11 is 0. The number of hydrogen-bond donors (Lipinski definition) is 1. The van der Waals surface area contributed by atoms with Crippen LogP contribution in [0.25, 0.3) is 0 Å². The summed E-state index contributed by atoms with van der Waals surface area (Å²) in [5.74, 6) is 0.139. The van der Waals surface area contributed by atoms with E-state index in [-0.39, 0.29) is 23.3 Å². The number of aryl methyl sites for hydroxylation is 1. The topological polar surface area (TPSA) is 49.4 Å². The smallest absolute Gasteiger partial charge is 0.251 e. The van der Waals surface area contributed by atoms with E-state index in [1.54, 1.807) is 0 Å². The number of nitrogens with one attached hydrogen (secondary N) is 1. The average molecular weight is 330 g/mol. The molecule has 1 unspecified atom stereocenters. The summed E-state index contributed by atoms with van der Waals surface area (Å²) in [5, 5.41) is 3.00. The summed E-state index contributed by atoms with van der Waals surface area (Å²) in [5.41, 5.74) is 1.80. The molecule has 1 aromatic rings. The van der Waals surface area contributed by atoms with Crippen LogP contribution in [0.2, 0.25) is 0 Å². The molecule has 1 saturated heterocycles. The van der Waals surface area contributed by atoms with E-state index in [0.717, 1.165) is 31.4 Å². The van der Waals surface area contributed by atoms with Crippen LogP contribution in [0.4, 0.5) is 0 Å². The SMILES string of the molecule is Cc1ccc(C(=O)NCC2CCCCN2C(=O)CC(C)(C)C)cc1. The van der Waals surface area contributed by atoms with Crippen LogP contribution in [0.1, 0.15) is 62.4 Å². The van der Waals surface area contributed by atoms with Gasteiger partial charge in [0.1, 0.15) is 0 Å². The van der Waals surface area contributed by atoms with Crippen LogP contribution in [0.15, 0.2) is 24.3 Å². The first-order valence-corrected chi connectivity index (χ1v) is 8.90. The standard InChI is InChI=1S/C20H30N2O2/c1-15-8-10-16(11-9-15)19(24)21-14-17-7-5-6-12-22(17)18(23)13-20(2,3)4/h8-11,17H,5-7,12-14H2,1-4H3,(H,21,24). The van der Waals surface area contributed by atoms with Crippen molar-refractivity contribution in [3.8, 4) is 0 Å². The monoisotopic (exact) mass is 330 g/mol. The van der Waals surface area contributed by atoms with Gasteiger partial charge in [0.15, 0.2) is 0 Å². The van der Waals surface area contributed by atoms with Crippen LogP contribution < -0.4 is 5.32 Å². The molecule has 1 heterocycles. The Morgan fingerprint density at radius 1 is 1.17 bits per heavy atom. The van der Waals surface area contributed by atoms with Gasteiger partial charge in [0.25, 0.3) is 5.91 Å². The van der Waals surface area contributed by atoms with E-state index in [4.69, 9.17) is 0 Å². The van der Waals surface area contributed by atoms with E-state index in [2.05, 4.69) is 26.1 Å². The summed E-state index contributed by atoms with van der Waals surface area (Å²) < 4.78 is 0. The summed E-state index contributed by atoms with van der Waals surface area (Å²) in [6.07, 6.45) is 3.68. The second-order valence-corrected chi connectivity index (χ2v) is 8.05. The highest BCUT2D eigenvalue weighted by atomic mass is 16.2. The van der Waals surface area contributed by atoms with Gasteiger partial charge < -0.3 is 10.2 Å². The number of likely N-dealkylation sites (tertiary alicyclic amines) is 1. The Hall–Kier alpha value is -1.84. The highest BCUT2D eigenvalue weighted by Crippen LogP contribution is 2.24. The lowest BCUT2D eigenvalue weighted by atomic mass is 9.90. The van der Waals surface area contributed by atoms with Crippen molar-refractivity contribution in [3.05, 3.63) is 35.4 Å². The summed E-state index contributed by atoms with van der Waals surface area (Å²) in [4.78, 5) is 26.9. The van der Waals surface area contributed by atoms with Crippen molar-refractivity contribution in [1.82, 2.24) is 10.2 Å². The fourth-order valence-corrected chi connectivity index (χ4v) is 3.11. The van der Waals surface area contributed by atoms with Crippen molar-refractivity contribution in [2.75, 3.05) is 13.1 Å². The maximum absolute atomic E-state index is 12.6. The molecule has 0 bridgehead atoms. The Kier molecular flexibility index (Phi) is 6.03. The van der Waals surface area contributed by atoms with Gasteiger partial charge in [-0.15, -0.1) is 0 Å². The lowest BCUT2D eigenvalue weighted by Gasteiger charge is -2.37. The van der Waals surface area contributed by atoms with Crippen molar-refractivity contribution in [3.63, 3.8) is 0 Å². The molecule has 0 aromatic heterocycles. The number of carbonyl (C=O) groups is 2. The molecule has 1 aliphatic heterocycles. The molecular formula is C20H30N2O2. The minimum absolute atomic E-state index is 0.00970. The van der Waals surface area contributed by atoms with Crippen molar-refractivity contribution in [2.45, 2.75) is 59.4 Å². The highest BCUT2D eigenvalue weighted by molar-refractivity contribution is 5.94. The predicted octanol–water partition coefficient (Wildman–Crippen LogP) is 3.54. The van der Waals surface area contributed by atoms with Gasteiger partial charge in [0.05, 0.1) is 0 Å². The van der Waals surface area contributed by atoms with Crippen LogP contribution in [0.3, 0.4) is 0 Å². The number of amides is 2. The fourth-order valence-electron chi connectivity index (χ4n) is 3.11. The lowest BCUT2D eigenvalue weighted by molar-refractivity contribution is -0.136. The van der Waals surface area contributed by atoms with E-state index in [0.29, 0.717) is 18.5 Å². The highest BCUT2D eigenvalue weighted by Gasteiger charge is 2.29. The third-order valence-electron chi connectivity index (χ3n) is 4.44. The molecule has 0 aliphatic carbocycles. The van der Waals surface area contributed by atoms with Gasteiger partial charge in [-0.05, 0) is 43.7 Å². The van der Waals surface area contributed by atoms with Gasteiger partial charge >= 0.3 is 0 Å². The number of benzene rings is 1. The molecule has 0 spiro atoms. The normalized spacial score (nSPS) is 18.3. The molecular weight excluding hydrogens is 300 g/mol. The number of carbonyl (C=O) groups excluding carboxylic acids is 2. The molecule has 1 N–H and O–H groups in total. The molecule has 1 atom stereocenters. The van der Waals surface area contributed by atoms with Gasteiger partial charge in [-0.3, -0.25) is 9.59 Å². The fraction of sp³-hybridized carbons (Fsp3) is 0.600. The van der Waals surface area contributed by atoms with Gasteiger partial charge in [-0.25, -0.2) is 0 Å². The minimum atomic E-state index is -0.0659. The number of nitrogens with zero attached hydrogens (tertiary/aromatic N) is 1. The largest absolute Gasteiger partial charge is 0.350 e. The Bertz CT molecular complexity index is 572. The lowest BCUT2D eigenvalue weighted by Crippen LogP contribution is -2.50. The molecule has 2 amide bonds. The number of piperidine rings is 1. The maximum atomic E-state index is 12.6. The van der Waals surface area contributed by atoms with Gasteiger partial charge in [0, 0.05) is 31.1 Å². The van der Waals surface area contributed by atoms with Crippen LogP contribution in [0, 0.1) is 12.3 Å². The van der Waals surface area contributed by atoms with Crippen molar-refractivity contribution in [2.24, 2.45) is 5.41 Å². The van der Waals surface area contributed by atoms with Crippen LogP contribution >= 0.6 is 0 Å². The van der Waals surface area contributed by atoms with E-state index >= 15 is 0 Å². The first kappa shape index (κ1) is 18.5. The summed E-state index contributed by atoms with van der Waals surface area (Å²) in [6, 6.07) is 7.67. The molecule has 1 fully saturated rings. The van der Waals surface area contributed by atoms with Gasteiger partial charge in [0.2, 0.25) is 5.91 Å². The van der Waals surface area contributed by atoms with E-state index in [1.165, 1.54) is 0 Å². The van der Waals surface area contributed by atoms with Crippen LogP contribution in [-0.2, 0) is 4.79 Å². The van der Waals surface area contributed by atoms with E-state index in [9.17, 15) is 9.59 Å². The zero-order chi connectivity index (χ0) is 17.7. The van der Waals surface area contributed by atoms with Crippen molar-refractivity contribution >= 4 is 11.8 Å². The predicted molar refractivity (Wildman–Crippen MR) is 96.9 cm³/mol. The van der Waals surface area contributed by atoms with Gasteiger partial charge in [-0.1, -0.05) is 38.5 Å². The summed E-state index contributed by atoms with van der Waals surface area (Å²) in [7, 11) is 0. The van der Waals surface area contributed by atoms with Crippen molar-refractivity contribution in [1.29, 1.82) is 0 Å². The zero-order valence-electron chi connectivity index (χ0n) is 15.4. The molecule has 2 rings (SSSR count). The molecule has 0 saturated carbocycles. The average Bonchev–Trinajstić information content (AvgIpc) is 2.52.